The van der Waals surface area contributed by atoms with Crippen molar-refractivity contribution in [3.05, 3.63) is 57.6 Å². The summed E-state index contributed by atoms with van der Waals surface area (Å²) in [5.41, 5.74) is 4.72. The van der Waals surface area contributed by atoms with Crippen molar-refractivity contribution in [3.8, 4) is 6.07 Å². The molecule has 0 bridgehead atoms. The number of hydrogen-bond donors (Lipinski definition) is 1. The maximum absolute atomic E-state index is 9.13. The van der Waals surface area contributed by atoms with Gasteiger partial charge in [0, 0.05) is 4.47 Å². The van der Waals surface area contributed by atoms with Gasteiger partial charge >= 0.3 is 0 Å². The number of nitriles is 1. The lowest BCUT2D eigenvalue weighted by molar-refractivity contribution is 1.39. The highest BCUT2D eigenvalue weighted by Crippen LogP contribution is 2.28. The van der Waals surface area contributed by atoms with Gasteiger partial charge in [-0.05, 0) is 65.2 Å². The molecular formula is C15H13BrN2. The van der Waals surface area contributed by atoms with Gasteiger partial charge in [-0.25, -0.2) is 0 Å². The van der Waals surface area contributed by atoms with Crippen LogP contribution in [0.15, 0.2) is 40.9 Å². The van der Waals surface area contributed by atoms with E-state index in [2.05, 4.69) is 27.3 Å². The Morgan fingerprint density at radius 1 is 1.00 bits per heavy atom. The van der Waals surface area contributed by atoms with E-state index in [1.165, 1.54) is 5.56 Å². The first kappa shape index (κ1) is 12.7. The maximum atomic E-state index is 9.13. The molecule has 2 rings (SSSR count). The molecule has 0 unspecified atom stereocenters. The minimum absolute atomic E-state index is 0.655. The number of nitrogens with one attached hydrogen (secondary N) is 1. The predicted octanol–water partition coefficient (Wildman–Crippen LogP) is 4.68. The molecule has 0 aromatic heterocycles. The van der Waals surface area contributed by atoms with Crippen LogP contribution in [0.5, 0.6) is 0 Å². The number of nitrogens with zero attached hydrogens (tertiary/aromatic N) is 1. The Balaban J connectivity index is 2.37. The Labute approximate surface area is 115 Å². The van der Waals surface area contributed by atoms with E-state index >= 15 is 0 Å². The number of anilines is 2. The van der Waals surface area contributed by atoms with E-state index in [4.69, 9.17) is 5.26 Å². The number of aryl methyl sites for hydroxylation is 2. The van der Waals surface area contributed by atoms with Gasteiger partial charge in [-0.3, -0.25) is 0 Å². The Hall–Kier alpha value is -1.79. The molecule has 0 heterocycles. The Kier molecular flexibility index (Phi) is 3.69. The van der Waals surface area contributed by atoms with E-state index in [1.807, 2.05) is 50.2 Å². The third kappa shape index (κ3) is 2.72. The van der Waals surface area contributed by atoms with Gasteiger partial charge in [-0.1, -0.05) is 12.1 Å². The van der Waals surface area contributed by atoms with Crippen molar-refractivity contribution < 1.29 is 0 Å². The molecule has 3 heteroatoms. The highest BCUT2D eigenvalue weighted by atomic mass is 79.9. The molecule has 1 N–H and O–H groups in total. The topological polar surface area (TPSA) is 35.8 Å². The molecule has 0 aliphatic carbocycles. The van der Waals surface area contributed by atoms with E-state index in [-0.39, 0.29) is 0 Å². The molecule has 0 aliphatic rings. The van der Waals surface area contributed by atoms with Gasteiger partial charge < -0.3 is 5.32 Å². The summed E-state index contributed by atoms with van der Waals surface area (Å²) < 4.78 is 0.993. The molecule has 2 nitrogen and oxygen atoms in total. The van der Waals surface area contributed by atoms with E-state index in [0.29, 0.717) is 5.56 Å². The first-order valence-corrected chi connectivity index (χ1v) is 6.43. The van der Waals surface area contributed by atoms with E-state index in [1.54, 1.807) is 0 Å². The molecule has 0 spiro atoms. The van der Waals surface area contributed by atoms with Crippen LogP contribution in [-0.4, -0.2) is 0 Å². The summed E-state index contributed by atoms with van der Waals surface area (Å²) in [7, 11) is 0. The molecule has 0 saturated carbocycles. The van der Waals surface area contributed by atoms with Crippen LogP contribution in [0.4, 0.5) is 11.4 Å². The molecule has 0 amide bonds. The normalized spacial score (nSPS) is 9.89. The van der Waals surface area contributed by atoms with Crippen LogP contribution in [-0.2, 0) is 0 Å². The zero-order valence-electron chi connectivity index (χ0n) is 10.3. The molecule has 0 aliphatic heterocycles. The average molecular weight is 301 g/mol. The number of rotatable bonds is 2. The molecule has 18 heavy (non-hydrogen) atoms. The standard InChI is InChI=1S/C15H13BrN2/c1-10-3-5-14(12(7-10)9-17)18-15-6-4-11(2)8-13(15)16/h3-8,18H,1-2H3. The minimum atomic E-state index is 0.655. The molecule has 0 atom stereocenters. The number of halogens is 1. The third-order valence-electron chi connectivity index (χ3n) is 2.69. The first-order chi connectivity index (χ1) is 8.60. The fourth-order valence-corrected chi connectivity index (χ4v) is 2.32. The maximum Gasteiger partial charge on any atom is 0.101 e. The second-order valence-corrected chi connectivity index (χ2v) is 5.12. The van der Waals surface area contributed by atoms with E-state index < -0.39 is 0 Å². The first-order valence-electron chi connectivity index (χ1n) is 5.64. The van der Waals surface area contributed by atoms with Gasteiger partial charge in [0.25, 0.3) is 0 Å². The molecule has 90 valence electrons. The lowest BCUT2D eigenvalue weighted by Crippen LogP contribution is -1.95. The summed E-state index contributed by atoms with van der Waals surface area (Å²) >= 11 is 3.52. The van der Waals surface area contributed by atoms with Gasteiger partial charge in [0.15, 0.2) is 0 Å². The van der Waals surface area contributed by atoms with Crippen LogP contribution < -0.4 is 5.32 Å². The van der Waals surface area contributed by atoms with Crippen molar-refractivity contribution >= 4 is 27.3 Å². The Bertz CT molecular complexity index is 627. The summed E-state index contributed by atoms with van der Waals surface area (Å²) in [5.74, 6) is 0. The highest BCUT2D eigenvalue weighted by Gasteiger charge is 2.05. The van der Waals surface area contributed by atoms with Crippen molar-refractivity contribution in [3.63, 3.8) is 0 Å². The fraction of sp³-hybridized carbons (Fsp3) is 0.133. The highest BCUT2D eigenvalue weighted by molar-refractivity contribution is 9.10. The summed E-state index contributed by atoms with van der Waals surface area (Å²) in [5, 5.41) is 12.4. The van der Waals surface area contributed by atoms with Crippen molar-refractivity contribution in [1.82, 2.24) is 0 Å². The van der Waals surface area contributed by atoms with Crippen LogP contribution in [0.25, 0.3) is 0 Å². The van der Waals surface area contributed by atoms with Gasteiger partial charge in [0.05, 0.1) is 16.9 Å². The molecule has 0 fully saturated rings. The lowest BCUT2D eigenvalue weighted by Gasteiger charge is -2.11. The van der Waals surface area contributed by atoms with Crippen molar-refractivity contribution in [1.29, 1.82) is 5.26 Å². The lowest BCUT2D eigenvalue weighted by atomic mass is 10.1. The Morgan fingerprint density at radius 2 is 1.61 bits per heavy atom. The van der Waals surface area contributed by atoms with Gasteiger partial charge in [-0.15, -0.1) is 0 Å². The van der Waals surface area contributed by atoms with Crippen LogP contribution in [0, 0.1) is 25.2 Å². The van der Waals surface area contributed by atoms with Crippen molar-refractivity contribution in [2.24, 2.45) is 0 Å². The van der Waals surface area contributed by atoms with Gasteiger partial charge in [-0.2, -0.15) is 5.26 Å². The molecule has 0 radical (unpaired) electrons. The summed E-state index contributed by atoms with van der Waals surface area (Å²) in [6.45, 7) is 4.02. The molecular weight excluding hydrogens is 288 g/mol. The second kappa shape index (κ2) is 5.24. The summed E-state index contributed by atoms with van der Waals surface area (Å²) in [4.78, 5) is 0. The van der Waals surface area contributed by atoms with Crippen LogP contribution in [0.1, 0.15) is 16.7 Å². The summed E-state index contributed by atoms with van der Waals surface area (Å²) in [6.07, 6.45) is 0. The van der Waals surface area contributed by atoms with Crippen LogP contribution >= 0.6 is 15.9 Å². The minimum Gasteiger partial charge on any atom is -0.354 e. The third-order valence-corrected chi connectivity index (χ3v) is 3.35. The Morgan fingerprint density at radius 3 is 2.22 bits per heavy atom. The monoisotopic (exact) mass is 300 g/mol. The van der Waals surface area contributed by atoms with Crippen LogP contribution in [0.3, 0.4) is 0 Å². The smallest absolute Gasteiger partial charge is 0.101 e. The fourth-order valence-electron chi connectivity index (χ4n) is 1.73. The predicted molar refractivity (Wildman–Crippen MR) is 78.1 cm³/mol. The van der Waals surface area contributed by atoms with Gasteiger partial charge in [0.1, 0.15) is 6.07 Å². The van der Waals surface area contributed by atoms with Crippen LogP contribution in [0.2, 0.25) is 0 Å². The SMILES string of the molecule is Cc1ccc(Nc2ccc(C)cc2C#N)c(Br)c1. The number of benzene rings is 2. The summed E-state index contributed by atoms with van der Waals surface area (Å²) in [6, 6.07) is 14.1. The van der Waals surface area contributed by atoms with Crippen molar-refractivity contribution in [2.45, 2.75) is 13.8 Å². The van der Waals surface area contributed by atoms with E-state index in [0.717, 1.165) is 21.4 Å². The second-order valence-electron chi connectivity index (χ2n) is 4.27. The molecule has 2 aromatic rings. The molecule has 2 aromatic carbocycles. The zero-order chi connectivity index (χ0) is 13.1. The van der Waals surface area contributed by atoms with Gasteiger partial charge in [0.2, 0.25) is 0 Å². The quantitative estimate of drug-likeness (QED) is 0.874. The zero-order valence-corrected chi connectivity index (χ0v) is 11.9. The molecule has 0 saturated heterocycles. The largest absolute Gasteiger partial charge is 0.354 e. The van der Waals surface area contributed by atoms with Crippen molar-refractivity contribution in [2.75, 3.05) is 5.32 Å². The average Bonchev–Trinajstić information content (AvgIpc) is 2.34. The number of hydrogen-bond acceptors (Lipinski definition) is 2. The van der Waals surface area contributed by atoms with E-state index in [9.17, 15) is 0 Å².